The number of carboxylic acid groups (broad SMARTS) is 1. The maximum atomic E-state index is 11.3. The molecule has 0 fully saturated rings. The zero-order valence-corrected chi connectivity index (χ0v) is 12.6. The number of ether oxygens (including phenoxy) is 2. The van der Waals surface area contributed by atoms with Crippen molar-refractivity contribution < 1.29 is 24.2 Å². The molecule has 0 aliphatic rings. The number of hydrogen-bond acceptors (Lipinski definition) is 4. The predicted octanol–water partition coefficient (Wildman–Crippen LogP) is 1.38. The van der Waals surface area contributed by atoms with Crippen LogP contribution in [0.25, 0.3) is 0 Å². The first kappa shape index (κ1) is 17.8. The standard InChI is InChI=1S/C15H22N2O5/c1-21-13-5-3-12(4-6-13)11-22-10-2-8-16-15(20)17-9-7-14(18)19/h3-6H,2,7-11H2,1H3,(H,18,19)(H2,16,17,20). The monoisotopic (exact) mass is 310 g/mol. The van der Waals surface area contributed by atoms with E-state index in [1.54, 1.807) is 7.11 Å². The highest BCUT2D eigenvalue weighted by molar-refractivity contribution is 5.74. The average molecular weight is 310 g/mol. The van der Waals surface area contributed by atoms with Gasteiger partial charge < -0.3 is 25.2 Å². The zero-order chi connectivity index (χ0) is 16.2. The molecule has 0 heterocycles. The molecular formula is C15H22N2O5. The van der Waals surface area contributed by atoms with Gasteiger partial charge >= 0.3 is 12.0 Å². The fourth-order valence-corrected chi connectivity index (χ4v) is 1.63. The first-order valence-corrected chi connectivity index (χ1v) is 7.06. The number of methoxy groups -OCH3 is 1. The van der Waals surface area contributed by atoms with Crippen LogP contribution in [0, 0.1) is 0 Å². The summed E-state index contributed by atoms with van der Waals surface area (Å²) in [5.41, 5.74) is 1.06. The predicted molar refractivity (Wildman–Crippen MR) is 80.9 cm³/mol. The number of benzene rings is 1. The first-order valence-electron chi connectivity index (χ1n) is 7.06. The Morgan fingerprint density at radius 2 is 1.82 bits per heavy atom. The second-order valence-corrected chi connectivity index (χ2v) is 4.58. The minimum Gasteiger partial charge on any atom is -0.497 e. The van der Waals surface area contributed by atoms with Crippen LogP contribution < -0.4 is 15.4 Å². The Morgan fingerprint density at radius 1 is 1.14 bits per heavy atom. The van der Waals surface area contributed by atoms with Gasteiger partial charge in [0.2, 0.25) is 0 Å². The van der Waals surface area contributed by atoms with E-state index in [1.807, 2.05) is 24.3 Å². The highest BCUT2D eigenvalue weighted by atomic mass is 16.5. The SMILES string of the molecule is COc1ccc(COCCCNC(=O)NCCC(=O)O)cc1. The lowest BCUT2D eigenvalue weighted by atomic mass is 10.2. The molecule has 0 atom stereocenters. The Bertz CT molecular complexity index is 462. The van der Waals surface area contributed by atoms with Crippen molar-refractivity contribution >= 4 is 12.0 Å². The molecule has 7 nitrogen and oxygen atoms in total. The van der Waals surface area contributed by atoms with Gasteiger partial charge in [-0.1, -0.05) is 12.1 Å². The Kier molecular flexibility index (Phi) is 8.44. The van der Waals surface area contributed by atoms with E-state index in [9.17, 15) is 9.59 Å². The average Bonchev–Trinajstić information content (AvgIpc) is 2.51. The van der Waals surface area contributed by atoms with Crippen molar-refractivity contribution in [1.29, 1.82) is 0 Å². The number of amides is 2. The quantitative estimate of drug-likeness (QED) is 0.567. The molecule has 0 aliphatic heterocycles. The van der Waals surface area contributed by atoms with Crippen LogP contribution in [0.15, 0.2) is 24.3 Å². The summed E-state index contributed by atoms with van der Waals surface area (Å²) in [5.74, 6) is -0.130. The maximum absolute atomic E-state index is 11.3. The lowest BCUT2D eigenvalue weighted by molar-refractivity contribution is -0.136. The number of carbonyl (C=O) groups excluding carboxylic acids is 1. The Hall–Kier alpha value is -2.28. The van der Waals surface area contributed by atoms with Crippen LogP contribution in [0.3, 0.4) is 0 Å². The van der Waals surface area contributed by atoms with E-state index in [4.69, 9.17) is 14.6 Å². The van der Waals surface area contributed by atoms with Crippen LogP contribution in [0.1, 0.15) is 18.4 Å². The van der Waals surface area contributed by atoms with Gasteiger partial charge in [-0.05, 0) is 24.1 Å². The molecule has 0 aromatic heterocycles. The minimum absolute atomic E-state index is 0.0849. The van der Waals surface area contributed by atoms with Gasteiger partial charge in [-0.15, -0.1) is 0 Å². The summed E-state index contributed by atoms with van der Waals surface area (Å²) in [6.45, 7) is 1.63. The highest BCUT2D eigenvalue weighted by Crippen LogP contribution is 2.11. The van der Waals surface area contributed by atoms with E-state index < -0.39 is 5.97 Å². The van der Waals surface area contributed by atoms with Crippen LogP contribution in [-0.4, -0.2) is 43.9 Å². The molecule has 0 saturated carbocycles. The smallest absolute Gasteiger partial charge is 0.314 e. The van der Waals surface area contributed by atoms with E-state index in [-0.39, 0.29) is 19.0 Å². The van der Waals surface area contributed by atoms with E-state index >= 15 is 0 Å². The van der Waals surface area contributed by atoms with Crippen molar-refractivity contribution in [3.8, 4) is 5.75 Å². The number of nitrogens with one attached hydrogen (secondary N) is 2. The summed E-state index contributed by atoms with van der Waals surface area (Å²) in [7, 11) is 1.62. The van der Waals surface area contributed by atoms with Crippen molar-refractivity contribution in [2.45, 2.75) is 19.4 Å². The van der Waals surface area contributed by atoms with E-state index in [2.05, 4.69) is 10.6 Å². The van der Waals surface area contributed by atoms with Gasteiger partial charge in [0.15, 0.2) is 0 Å². The molecule has 0 unspecified atom stereocenters. The number of aliphatic carboxylic acids is 1. The third-order valence-electron chi connectivity index (χ3n) is 2.80. The third-order valence-corrected chi connectivity index (χ3v) is 2.80. The molecule has 0 radical (unpaired) electrons. The second kappa shape index (κ2) is 10.4. The highest BCUT2D eigenvalue weighted by Gasteiger charge is 2.01. The largest absolute Gasteiger partial charge is 0.497 e. The first-order chi connectivity index (χ1) is 10.6. The lowest BCUT2D eigenvalue weighted by Crippen LogP contribution is -2.37. The van der Waals surface area contributed by atoms with Gasteiger partial charge in [-0.3, -0.25) is 4.79 Å². The van der Waals surface area contributed by atoms with E-state index in [1.165, 1.54) is 0 Å². The van der Waals surface area contributed by atoms with Crippen LogP contribution in [0.4, 0.5) is 4.79 Å². The third kappa shape index (κ3) is 8.11. The molecule has 3 N–H and O–H groups in total. The molecule has 0 bridgehead atoms. The molecule has 0 saturated heterocycles. The zero-order valence-electron chi connectivity index (χ0n) is 12.6. The van der Waals surface area contributed by atoms with Crippen LogP contribution in [0.5, 0.6) is 5.75 Å². The van der Waals surface area contributed by atoms with Gasteiger partial charge in [-0.2, -0.15) is 0 Å². The van der Waals surface area contributed by atoms with Crippen molar-refractivity contribution in [3.63, 3.8) is 0 Å². The molecule has 0 aliphatic carbocycles. The maximum Gasteiger partial charge on any atom is 0.314 e. The normalized spacial score (nSPS) is 10.0. The molecule has 122 valence electrons. The van der Waals surface area contributed by atoms with Gasteiger partial charge in [0.05, 0.1) is 20.1 Å². The molecule has 1 aromatic carbocycles. The van der Waals surface area contributed by atoms with Gasteiger partial charge in [-0.25, -0.2) is 4.79 Å². The molecule has 1 rings (SSSR count). The summed E-state index contributed by atoms with van der Waals surface area (Å²) in [6.07, 6.45) is 0.598. The Balaban J connectivity index is 2.00. The molecular weight excluding hydrogens is 288 g/mol. The van der Waals surface area contributed by atoms with Gasteiger partial charge in [0, 0.05) is 19.7 Å². The Labute approximate surface area is 129 Å². The van der Waals surface area contributed by atoms with Crippen LogP contribution in [-0.2, 0) is 16.1 Å². The fourth-order valence-electron chi connectivity index (χ4n) is 1.63. The van der Waals surface area contributed by atoms with Crippen LogP contribution >= 0.6 is 0 Å². The number of carbonyl (C=O) groups is 2. The summed E-state index contributed by atoms with van der Waals surface area (Å²) in [5, 5.41) is 13.5. The summed E-state index contributed by atoms with van der Waals surface area (Å²) >= 11 is 0. The van der Waals surface area contributed by atoms with Gasteiger partial charge in [0.1, 0.15) is 5.75 Å². The second-order valence-electron chi connectivity index (χ2n) is 4.58. The van der Waals surface area contributed by atoms with Crippen molar-refractivity contribution in [3.05, 3.63) is 29.8 Å². The lowest BCUT2D eigenvalue weighted by Gasteiger charge is -2.07. The molecule has 0 spiro atoms. The molecule has 2 amide bonds. The Morgan fingerprint density at radius 3 is 2.45 bits per heavy atom. The summed E-state index contributed by atoms with van der Waals surface area (Å²) in [6, 6.07) is 7.26. The van der Waals surface area contributed by atoms with E-state index in [0.717, 1.165) is 11.3 Å². The number of urea groups is 1. The minimum atomic E-state index is -0.938. The molecule has 1 aromatic rings. The van der Waals surface area contributed by atoms with Crippen molar-refractivity contribution in [2.75, 3.05) is 26.8 Å². The van der Waals surface area contributed by atoms with E-state index in [0.29, 0.717) is 26.2 Å². The fraction of sp³-hybridized carbons (Fsp3) is 0.467. The number of rotatable bonds is 10. The summed E-state index contributed by atoms with van der Waals surface area (Å²) in [4.78, 5) is 21.5. The summed E-state index contributed by atoms with van der Waals surface area (Å²) < 4.78 is 10.6. The van der Waals surface area contributed by atoms with Gasteiger partial charge in [0.25, 0.3) is 0 Å². The van der Waals surface area contributed by atoms with Crippen molar-refractivity contribution in [1.82, 2.24) is 10.6 Å². The molecule has 7 heteroatoms. The topological polar surface area (TPSA) is 96.9 Å². The van der Waals surface area contributed by atoms with Crippen molar-refractivity contribution in [2.24, 2.45) is 0 Å². The number of carboxylic acids is 1. The number of hydrogen-bond donors (Lipinski definition) is 3. The molecule has 22 heavy (non-hydrogen) atoms. The van der Waals surface area contributed by atoms with Crippen LogP contribution in [0.2, 0.25) is 0 Å².